The predicted molar refractivity (Wildman–Crippen MR) is 111 cm³/mol. The number of benzene rings is 2. The highest BCUT2D eigenvalue weighted by Crippen LogP contribution is 2.44. The van der Waals surface area contributed by atoms with Crippen molar-refractivity contribution in [2.45, 2.75) is 26.2 Å². The molecule has 27 heavy (non-hydrogen) atoms. The van der Waals surface area contributed by atoms with Crippen molar-refractivity contribution in [2.24, 2.45) is 0 Å². The van der Waals surface area contributed by atoms with Gasteiger partial charge in [0.1, 0.15) is 5.75 Å². The standard InChI is InChI=1S/C22H25NO3S/c1-5-6-7-15-8-10-16(11-9-15)18-14-23-27-22(18)17-12-20(25-3)21(26-4)13-19(17)24-2/h8-14H,5-7H2,1-4H3. The van der Waals surface area contributed by atoms with Crippen molar-refractivity contribution in [1.82, 2.24) is 4.37 Å². The number of rotatable bonds is 8. The summed E-state index contributed by atoms with van der Waals surface area (Å²) in [5.74, 6) is 2.05. The minimum atomic E-state index is 0.643. The van der Waals surface area contributed by atoms with Gasteiger partial charge in [-0.05, 0) is 41.6 Å². The number of nitrogens with zero attached hydrogens (tertiary/aromatic N) is 1. The van der Waals surface area contributed by atoms with Gasteiger partial charge in [0.05, 0.1) is 26.2 Å². The van der Waals surface area contributed by atoms with Crippen LogP contribution in [0.25, 0.3) is 21.6 Å². The van der Waals surface area contributed by atoms with E-state index >= 15 is 0 Å². The van der Waals surface area contributed by atoms with Gasteiger partial charge in [-0.2, -0.15) is 4.37 Å². The summed E-state index contributed by atoms with van der Waals surface area (Å²) >= 11 is 1.45. The van der Waals surface area contributed by atoms with Crippen molar-refractivity contribution in [3.63, 3.8) is 0 Å². The summed E-state index contributed by atoms with van der Waals surface area (Å²) in [5.41, 5.74) is 4.56. The molecule has 0 aliphatic heterocycles. The van der Waals surface area contributed by atoms with Crippen LogP contribution in [-0.2, 0) is 6.42 Å². The quantitative estimate of drug-likeness (QED) is 0.489. The van der Waals surface area contributed by atoms with Crippen LogP contribution in [0.5, 0.6) is 17.2 Å². The van der Waals surface area contributed by atoms with Gasteiger partial charge in [-0.3, -0.25) is 0 Å². The molecule has 0 saturated carbocycles. The lowest BCUT2D eigenvalue weighted by Crippen LogP contribution is -1.94. The van der Waals surface area contributed by atoms with Gasteiger partial charge in [0.15, 0.2) is 11.5 Å². The number of hydrogen-bond acceptors (Lipinski definition) is 5. The number of methoxy groups -OCH3 is 3. The highest BCUT2D eigenvalue weighted by molar-refractivity contribution is 7.10. The van der Waals surface area contributed by atoms with Crippen LogP contribution >= 0.6 is 11.5 Å². The van der Waals surface area contributed by atoms with Gasteiger partial charge in [0.25, 0.3) is 0 Å². The van der Waals surface area contributed by atoms with E-state index in [1.54, 1.807) is 21.3 Å². The van der Waals surface area contributed by atoms with Crippen molar-refractivity contribution in [1.29, 1.82) is 0 Å². The first-order chi connectivity index (χ1) is 13.2. The Labute approximate surface area is 164 Å². The van der Waals surface area contributed by atoms with E-state index in [1.165, 1.54) is 29.9 Å². The number of ether oxygens (including phenoxy) is 3. The molecule has 1 aromatic heterocycles. The fourth-order valence-corrected chi connectivity index (χ4v) is 3.87. The number of aromatic nitrogens is 1. The Hall–Kier alpha value is -2.53. The van der Waals surface area contributed by atoms with Crippen LogP contribution in [0.1, 0.15) is 25.3 Å². The van der Waals surface area contributed by atoms with E-state index in [-0.39, 0.29) is 0 Å². The third-order valence-corrected chi connectivity index (χ3v) is 5.44. The summed E-state index contributed by atoms with van der Waals surface area (Å²) in [7, 11) is 4.92. The molecule has 0 radical (unpaired) electrons. The molecule has 1 heterocycles. The maximum absolute atomic E-state index is 5.61. The van der Waals surface area contributed by atoms with Crippen LogP contribution < -0.4 is 14.2 Å². The van der Waals surface area contributed by atoms with Gasteiger partial charge < -0.3 is 14.2 Å². The van der Waals surface area contributed by atoms with Crippen molar-refractivity contribution in [3.8, 4) is 38.8 Å². The summed E-state index contributed by atoms with van der Waals surface area (Å²) in [5, 5.41) is 0. The first kappa shape index (κ1) is 19.2. The highest BCUT2D eigenvalue weighted by Gasteiger charge is 2.18. The zero-order valence-electron chi connectivity index (χ0n) is 16.2. The molecule has 0 amide bonds. The van der Waals surface area contributed by atoms with Gasteiger partial charge in [-0.15, -0.1) is 0 Å². The molecule has 0 aliphatic rings. The molecule has 0 unspecified atom stereocenters. The summed E-state index contributed by atoms with van der Waals surface area (Å²) in [6, 6.07) is 12.6. The topological polar surface area (TPSA) is 40.6 Å². The van der Waals surface area contributed by atoms with Gasteiger partial charge >= 0.3 is 0 Å². The second-order valence-electron chi connectivity index (χ2n) is 6.28. The smallest absolute Gasteiger partial charge is 0.164 e. The third-order valence-electron chi connectivity index (χ3n) is 4.60. The zero-order chi connectivity index (χ0) is 19.2. The monoisotopic (exact) mass is 383 g/mol. The van der Waals surface area contributed by atoms with E-state index < -0.39 is 0 Å². The summed E-state index contributed by atoms with van der Waals surface area (Å²) in [6.07, 6.45) is 5.46. The Morgan fingerprint density at radius 1 is 0.852 bits per heavy atom. The molecule has 142 valence electrons. The first-order valence-electron chi connectivity index (χ1n) is 9.06. The molecule has 5 heteroatoms. The van der Waals surface area contributed by atoms with E-state index in [0.717, 1.165) is 33.7 Å². The molecule has 2 aromatic carbocycles. The number of hydrogen-bond donors (Lipinski definition) is 0. The van der Waals surface area contributed by atoms with E-state index in [0.29, 0.717) is 11.5 Å². The van der Waals surface area contributed by atoms with Crippen LogP contribution in [0.15, 0.2) is 42.6 Å². The van der Waals surface area contributed by atoms with Gasteiger partial charge in [-0.1, -0.05) is 37.6 Å². The third kappa shape index (κ3) is 4.08. The van der Waals surface area contributed by atoms with Crippen molar-refractivity contribution in [2.75, 3.05) is 21.3 Å². The van der Waals surface area contributed by atoms with Crippen molar-refractivity contribution in [3.05, 3.63) is 48.2 Å². The SMILES string of the molecule is CCCCc1ccc(-c2cnsc2-c2cc(OC)c(OC)cc2OC)cc1. The van der Waals surface area contributed by atoms with Crippen LogP contribution in [0.3, 0.4) is 0 Å². The molecule has 0 N–H and O–H groups in total. The molecule has 0 aliphatic carbocycles. The lowest BCUT2D eigenvalue weighted by molar-refractivity contribution is 0.349. The average molecular weight is 384 g/mol. The molecule has 3 aromatic rings. The Balaban J connectivity index is 2.02. The second kappa shape index (κ2) is 8.91. The van der Waals surface area contributed by atoms with Crippen LogP contribution in [-0.4, -0.2) is 25.7 Å². The summed E-state index contributed by atoms with van der Waals surface area (Å²) < 4.78 is 20.9. The van der Waals surface area contributed by atoms with Gasteiger partial charge in [0.2, 0.25) is 0 Å². The molecule has 4 nitrogen and oxygen atoms in total. The molecule has 0 atom stereocenters. The minimum absolute atomic E-state index is 0.643. The fraction of sp³-hybridized carbons (Fsp3) is 0.318. The van der Waals surface area contributed by atoms with Gasteiger partial charge in [-0.25, -0.2) is 0 Å². The number of unbranched alkanes of at least 4 members (excludes halogenated alkanes) is 1. The van der Waals surface area contributed by atoms with E-state index in [4.69, 9.17) is 14.2 Å². The van der Waals surface area contributed by atoms with E-state index in [9.17, 15) is 0 Å². The minimum Gasteiger partial charge on any atom is -0.496 e. The van der Waals surface area contributed by atoms with Crippen LogP contribution in [0, 0.1) is 0 Å². The molecule has 0 bridgehead atoms. The van der Waals surface area contributed by atoms with Crippen LogP contribution in [0.2, 0.25) is 0 Å². The molecular formula is C22H25NO3S. The van der Waals surface area contributed by atoms with Crippen LogP contribution in [0.4, 0.5) is 0 Å². The van der Waals surface area contributed by atoms with Gasteiger partial charge in [0, 0.05) is 23.4 Å². The Morgan fingerprint density at radius 3 is 2.15 bits per heavy atom. The molecule has 3 rings (SSSR count). The molecular weight excluding hydrogens is 358 g/mol. The number of aryl methyl sites for hydroxylation is 1. The maximum Gasteiger partial charge on any atom is 0.164 e. The molecule has 0 spiro atoms. The average Bonchev–Trinajstić information content (AvgIpc) is 3.21. The fourth-order valence-electron chi connectivity index (χ4n) is 3.08. The Kier molecular flexibility index (Phi) is 6.35. The highest BCUT2D eigenvalue weighted by atomic mass is 32.1. The van der Waals surface area contributed by atoms with E-state index in [1.807, 2.05) is 18.3 Å². The molecule has 0 saturated heterocycles. The van der Waals surface area contributed by atoms with Crippen molar-refractivity contribution >= 4 is 11.5 Å². The maximum atomic E-state index is 5.61. The largest absolute Gasteiger partial charge is 0.496 e. The zero-order valence-corrected chi connectivity index (χ0v) is 17.1. The normalized spacial score (nSPS) is 10.7. The Bertz CT molecular complexity index is 887. The lowest BCUT2D eigenvalue weighted by atomic mass is 10.00. The first-order valence-corrected chi connectivity index (χ1v) is 9.83. The van der Waals surface area contributed by atoms with Crippen molar-refractivity contribution < 1.29 is 14.2 Å². The molecule has 0 fully saturated rings. The summed E-state index contributed by atoms with van der Waals surface area (Å²) in [4.78, 5) is 1.05. The van der Waals surface area contributed by atoms with E-state index in [2.05, 4.69) is 35.6 Å². The summed E-state index contributed by atoms with van der Waals surface area (Å²) in [6.45, 7) is 2.22. The second-order valence-corrected chi connectivity index (χ2v) is 7.08. The lowest BCUT2D eigenvalue weighted by Gasteiger charge is -2.14. The predicted octanol–water partition coefficient (Wildman–Crippen LogP) is 5.85. The Morgan fingerprint density at radius 2 is 1.52 bits per heavy atom.